The molecule has 1 saturated heterocycles. The molecular weight excluding hydrogens is 177 g/mol. The summed E-state index contributed by atoms with van der Waals surface area (Å²) in [6.45, 7) is 11.4. The van der Waals surface area contributed by atoms with Crippen LogP contribution < -0.4 is 5.32 Å². The summed E-state index contributed by atoms with van der Waals surface area (Å²) in [7, 11) is 0. The van der Waals surface area contributed by atoms with Gasteiger partial charge in [-0.1, -0.05) is 0 Å². The summed E-state index contributed by atoms with van der Waals surface area (Å²) in [6, 6.07) is 0. The van der Waals surface area contributed by atoms with E-state index in [1.807, 2.05) is 0 Å². The molecule has 0 bridgehead atoms. The molecule has 0 atom stereocenters. The van der Waals surface area contributed by atoms with Crippen molar-refractivity contribution in [1.82, 2.24) is 5.32 Å². The van der Waals surface area contributed by atoms with Crippen LogP contribution in [0.1, 0.15) is 66.7 Å². The number of unbranched alkanes of at least 4 members (excludes halogenated alkanes) is 1. The Morgan fingerprint density at radius 1 is 1.07 bits per heavy atom. The molecule has 0 spiro atoms. The van der Waals surface area contributed by atoms with Gasteiger partial charge in [0.05, 0.1) is 0 Å². The van der Waals surface area contributed by atoms with Gasteiger partial charge >= 0.3 is 42.6 Å². The summed E-state index contributed by atoms with van der Waals surface area (Å²) in [6.07, 6.45) is 6.73. The van der Waals surface area contributed by atoms with E-state index in [1.54, 1.807) is 0 Å². The topological polar surface area (TPSA) is 12.0 Å². The van der Waals surface area contributed by atoms with Crippen molar-refractivity contribution >= 4 is 17.7 Å². The molecule has 0 aromatic rings. The molecule has 0 aliphatic carbocycles. The fraction of sp³-hybridized carbons (Fsp3) is 1.00. The fourth-order valence-electron chi connectivity index (χ4n) is 2.37. The number of hydrogen-bond acceptors (Lipinski definition) is 1. The Morgan fingerprint density at radius 3 is 1.67 bits per heavy atom. The molecule has 0 radical (unpaired) electrons. The van der Waals surface area contributed by atoms with Crippen LogP contribution in [-0.2, 0) is 0 Å². The molecule has 0 unspecified atom stereocenters. The van der Waals surface area contributed by atoms with E-state index in [0.717, 1.165) is 0 Å². The van der Waals surface area contributed by atoms with Crippen LogP contribution in [0.3, 0.4) is 0 Å². The van der Waals surface area contributed by atoms with Crippen molar-refractivity contribution in [2.75, 3.05) is 0 Å². The van der Waals surface area contributed by atoms with Gasteiger partial charge in [-0.25, -0.2) is 0 Å². The molecule has 0 saturated carbocycles. The zero-order valence-corrected chi connectivity index (χ0v) is 11.7. The van der Waals surface area contributed by atoms with Crippen molar-refractivity contribution in [1.29, 1.82) is 0 Å². The molecule has 15 heavy (non-hydrogen) atoms. The summed E-state index contributed by atoms with van der Waals surface area (Å²) in [5.74, 6) is 0. The van der Waals surface area contributed by atoms with Gasteiger partial charge in [0.2, 0.25) is 0 Å². The molecule has 0 aromatic heterocycles. The predicted molar refractivity (Wildman–Crippen MR) is 70.6 cm³/mol. The van der Waals surface area contributed by atoms with Gasteiger partial charge in [0.25, 0.3) is 0 Å². The summed E-state index contributed by atoms with van der Waals surface area (Å²) in [4.78, 5) is 0. The predicted octanol–water partition coefficient (Wildman–Crippen LogP) is 3.69. The van der Waals surface area contributed by atoms with E-state index >= 15 is 0 Å². The first-order chi connectivity index (χ1) is 6.83. The number of piperidine rings is 1. The molecule has 1 aliphatic rings. The number of nitrogens with one attached hydrogen (secondary N) is 1. The molecule has 86 valence electrons. The Balaban J connectivity index is 0.000000336. The summed E-state index contributed by atoms with van der Waals surface area (Å²) in [5.41, 5.74) is 0.726. The molecule has 1 aliphatic heterocycles. The first-order valence-corrected chi connectivity index (χ1v) is 6.62. The zero-order valence-electron chi connectivity index (χ0n) is 11.7. The SMILES string of the molecule is CC1(C)CCCC(C)(C)N1.[Li][CH2]CCC. The number of hydrogen-bond donors (Lipinski definition) is 1. The van der Waals surface area contributed by atoms with E-state index < -0.39 is 0 Å². The van der Waals surface area contributed by atoms with E-state index in [9.17, 15) is 0 Å². The second-order valence-corrected chi connectivity index (χ2v) is 6.10. The van der Waals surface area contributed by atoms with Gasteiger partial charge in [-0.05, 0) is 47.0 Å². The van der Waals surface area contributed by atoms with Crippen LogP contribution in [-0.4, -0.2) is 28.8 Å². The third kappa shape index (κ3) is 8.37. The van der Waals surface area contributed by atoms with E-state index in [-0.39, 0.29) is 0 Å². The van der Waals surface area contributed by atoms with Crippen molar-refractivity contribution in [2.45, 2.75) is 82.9 Å². The zero-order chi connectivity index (χ0) is 11.9. The van der Waals surface area contributed by atoms with Crippen LogP contribution in [0, 0.1) is 0 Å². The van der Waals surface area contributed by atoms with Gasteiger partial charge in [-0.2, -0.15) is 0 Å². The first kappa shape index (κ1) is 15.6. The average molecular weight is 205 g/mol. The van der Waals surface area contributed by atoms with Crippen molar-refractivity contribution < 1.29 is 0 Å². The molecule has 1 fully saturated rings. The standard InChI is InChI=1S/C9H19N.C4H9.Li/c1-8(2)6-5-7-9(3,4)10-8;1-3-4-2;/h10H,5-7H2,1-4H3;1,3-4H2,2H3;. The monoisotopic (exact) mass is 205 g/mol. The van der Waals surface area contributed by atoms with Crippen molar-refractivity contribution in [3.05, 3.63) is 0 Å². The summed E-state index contributed by atoms with van der Waals surface area (Å²) < 4.78 is 0. The summed E-state index contributed by atoms with van der Waals surface area (Å²) in [5, 5.41) is 4.98. The molecule has 0 aromatic carbocycles. The summed E-state index contributed by atoms with van der Waals surface area (Å²) >= 11 is 2.21. The molecular formula is C13H28LiN. The quantitative estimate of drug-likeness (QED) is 0.678. The van der Waals surface area contributed by atoms with Crippen LogP contribution in [0.2, 0.25) is 5.09 Å². The Labute approximate surface area is 106 Å². The second-order valence-electron chi connectivity index (χ2n) is 6.10. The van der Waals surface area contributed by atoms with Crippen LogP contribution in [0.15, 0.2) is 0 Å². The van der Waals surface area contributed by atoms with E-state index in [2.05, 4.69) is 57.7 Å². The molecule has 1 rings (SSSR count). The van der Waals surface area contributed by atoms with Crippen molar-refractivity contribution in [3.63, 3.8) is 0 Å². The minimum absolute atomic E-state index is 0.363. The maximum absolute atomic E-state index is 3.63. The maximum atomic E-state index is 3.63. The van der Waals surface area contributed by atoms with Crippen LogP contribution in [0.5, 0.6) is 0 Å². The Morgan fingerprint density at radius 2 is 1.53 bits per heavy atom. The van der Waals surface area contributed by atoms with Crippen molar-refractivity contribution in [3.8, 4) is 0 Å². The van der Waals surface area contributed by atoms with Gasteiger partial charge in [0.1, 0.15) is 0 Å². The van der Waals surface area contributed by atoms with Gasteiger partial charge in [0, 0.05) is 11.1 Å². The van der Waals surface area contributed by atoms with E-state index in [4.69, 9.17) is 0 Å². The molecule has 0 amide bonds. The third-order valence-electron chi connectivity index (χ3n) is 2.99. The average Bonchev–Trinajstić information content (AvgIpc) is 2.01. The van der Waals surface area contributed by atoms with Gasteiger partial charge in [-0.3, -0.25) is 0 Å². The third-order valence-corrected chi connectivity index (χ3v) is 2.99. The Hall–Kier alpha value is 0.557. The van der Waals surface area contributed by atoms with E-state index in [1.165, 1.54) is 37.2 Å². The molecule has 1 N–H and O–H groups in total. The number of rotatable bonds is 2. The van der Waals surface area contributed by atoms with Gasteiger partial charge in [-0.15, -0.1) is 0 Å². The second kappa shape index (κ2) is 7.00. The van der Waals surface area contributed by atoms with Crippen LogP contribution in [0.25, 0.3) is 0 Å². The molecule has 1 heterocycles. The normalized spacial score (nSPS) is 22.9. The minimum atomic E-state index is 0.363. The Kier molecular flexibility index (Phi) is 7.26. The van der Waals surface area contributed by atoms with Crippen LogP contribution in [0.4, 0.5) is 0 Å². The van der Waals surface area contributed by atoms with Crippen LogP contribution >= 0.6 is 0 Å². The fourth-order valence-corrected chi connectivity index (χ4v) is 2.37. The van der Waals surface area contributed by atoms with Gasteiger partial charge in [0.15, 0.2) is 0 Å². The molecule has 2 heteroatoms. The molecule has 1 nitrogen and oxygen atoms in total. The Bertz CT molecular complexity index is 148. The van der Waals surface area contributed by atoms with E-state index in [0.29, 0.717) is 11.1 Å². The first-order valence-electron chi connectivity index (χ1n) is 6.62. The van der Waals surface area contributed by atoms with Crippen molar-refractivity contribution in [2.24, 2.45) is 0 Å². The van der Waals surface area contributed by atoms with Gasteiger partial charge < -0.3 is 5.32 Å².